The van der Waals surface area contributed by atoms with Crippen LogP contribution in [0.4, 0.5) is 11.4 Å². The maximum absolute atomic E-state index is 12.6. The van der Waals surface area contributed by atoms with Gasteiger partial charge in [-0.05, 0) is 55.0 Å². The summed E-state index contributed by atoms with van der Waals surface area (Å²) in [6.07, 6.45) is 3.58. The molecule has 1 aromatic heterocycles. The first-order valence-corrected chi connectivity index (χ1v) is 9.65. The molecule has 130 valence electrons. The van der Waals surface area contributed by atoms with Crippen molar-refractivity contribution >= 4 is 38.7 Å². The van der Waals surface area contributed by atoms with E-state index in [2.05, 4.69) is 16.3 Å². The minimum atomic E-state index is -0.138. The quantitative estimate of drug-likeness (QED) is 0.713. The van der Waals surface area contributed by atoms with Crippen LogP contribution in [0.15, 0.2) is 48.5 Å². The standard InChI is InChI=1S/C21H19N3OS/c22-14-16-12-17(8-9-18(16)24-10-4-1-5-11-24)23-21(25)20-13-15-6-2-3-7-19(15)26-20/h2-3,6-9,12-13H,1,4-5,10-11H2,(H,23,25). The Bertz CT molecular complexity index is 963. The van der Waals surface area contributed by atoms with Gasteiger partial charge in [0.1, 0.15) is 6.07 Å². The lowest BCUT2D eigenvalue weighted by Gasteiger charge is -2.29. The third kappa shape index (κ3) is 3.29. The molecular weight excluding hydrogens is 342 g/mol. The van der Waals surface area contributed by atoms with Gasteiger partial charge in [-0.2, -0.15) is 5.26 Å². The zero-order valence-corrected chi connectivity index (χ0v) is 15.2. The predicted molar refractivity (Wildman–Crippen MR) is 107 cm³/mol. The van der Waals surface area contributed by atoms with Gasteiger partial charge >= 0.3 is 0 Å². The van der Waals surface area contributed by atoms with E-state index >= 15 is 0 Å². The van der Waals surface area contributed by atoms with Crippen LogP contribution in [0.2, 0.25) is 0 Å². The van der Waals surface area contributed by atoms with E-state index < -0.39 is 0 Å². The fourth-order valence-electron chi connectivity index (χ4n) is 3.40. The fourth-order valence-corrected chi connectivity index (χ4v) is 4.36. The molecule has 1 aliphatic rings. The lowest BCUT2D eigenvalue weighted by atomic mass is 10.1. The van der Waals surface area contributed by atoms with E-state index in [9.17, 15) is 10.1 Å². The number of nitrogens with zero attached hydrogens (tertiary/aromatic N) is 2. The van der Waals surface area contributed by atoms with E-state index in [1.807, 2.05) is 42.5 Å². The highest BCUT2D eigenvalue weighted by atomic mass is 32.1. The highest BCUT2D eigenvalue weighted by molar-refractivity contribution is 7.20. The molecule has 1 N–H and O–H groups in total. The Balaban J connectivity index is 1.56. The summed E-state index contributed by atoms with van der Waals surface area (Å²) in [6.45, 7) is 1.98. The van der Waals surface area contributed by atoms with Crippen LogP contribution in [0.25, 0.3) is 10.1 Å². The molecule has 1 saturated heterocycles. The summed E-state index contributed by atoms with van der Waals surface area (Å²) in [6, 6.07) is 17.7. The zero-order chi connectivity index (χ0) is 17.9. The Morgan fingerprint density at radius 1 is 1.08 bits per heavy atom. The van der Waals surface area contributed by atoms with E-state index in [0.717, 1.165) is 41.7 Å². The van der Waals surface area contributed by atoms with Gasteiger partial charge in [0.25, 0.3) is 5.91 Å². The SMILES string of the molecule is N#Cc1cc(NC(=O)c2cc3ccccc3s2)ccc1N1CCCCC1. The number of amides is 1. The third-order valence-corrected chi connectivity index (χ3v) is 5.84. The van der Waals surface area contributed by atoms with Crippen molar-refractivity contribution in [1.29, 1.82) is 5.26 Å². The van der Waals surface area contributed by atoms with Crippen LogP contribution in [0.1, 0.15) is 34.5 Å². The van der Waals surface area contributed by atoms with Crippen molar-refractivity contribution < 1.29 is 4.79 Å². The van der Waals surface area contributed by atoms with Crippen LogP contribution < -0.4 is 10.2 Å². The molecule has 2 aromatic carbocycles. The molecule has 1 amide bonds. The number of benzene rings is 2. The van der Waals surface area contributed by atoms with Crippen molar-refractivity contribution in [2.24, 2.45) is 0 Å². The molecule has 0 bridgehead atoms. The van der Waals surface area contributed by atoms with Crippen LogP contribution in [0.5, 0.6) is 0 Å². The first kappa shape index (κ1) is 16.6. The Morgan fingerprint density at radius 3 is 2.65 bits per heavy atom. The number of carbonyl (C=O) groups excluding carboxylic acids is 1. The molecule has 2 heterocycles. The number of thiophene rings is 1. The van der Waals surface area contributed by atoms with Gasteiger partial charge in [0, 0.05) is 23.5 Å². The molecular formula is C21H19N3OS. The smallest absolute Gasteiger partial charge is 0.265 e. The summed E-state index contributed by atoms with van der Waals surface area (Å²) in [4.78, 5) is 15.5. The van der Waals surface area contributed by atoms with Crippen molar-refractivity contribution in [1.82, 2.24) is 0 Å². The van der Waals surface area contributed by atoms with E-state index in [1.165, 1.54) is 17.8 Å². The van der Waals surface area contributed by atoms with Gasteiger partial charge in [0.2, 0.25) is 0 Å². The fraction of sp³-hybridized carbons (Fsp3) is 0.238. The second-order valence-corrected chi connectivity index (χ2v) is 7.58. The highest BCUT2D eigenvalue weighted by Crippen LogP contribution is 2.28. The molecule has 0 radical (unpaired) electrons. The van der Waals surface area contributed by atoms with Gasteiger partial charge < -0.3 is 10.2 Å². The summed E-state index contributed by atoms with van der Waals surface area (Å²) in [5.41, 5.74) is 2.23. The van der Waals surface area contributed by atoms with Gasteiger partial charge in [-0.15, -0.1) is 11.3 Å². The van der Waals surface area contributed by atoms with Crippen LogP contribution in [0.3, 0.4) is 0 Å². The number of piperidine rings is 1. The number of carbonyl (C=O) groups is 1. The first-order valence-electron chi connectivity index (χ1n) is 8.83. The summed E-state index contributed by atoms with van der Waals surface area (Å²) in [5, 5.41) is 13.5. The maximum Gasteiger partial charge on any atom is 0.265 e. The summed E-state index contributed by atoms with van der Waals surface area (Å²) in [5.74, 6) is -0.138. The lowest BCUT2D eigenvalue weighted by molar-refractivity contribution is 0.103. The molecule has 5 heteroatoms. The van der Waals surface area contributed by atoms with Gasteiger partial charge in [-0.25, -0.2) is 0 Å². The number of nitriles is 1. The number of fused-ring (bicyclic) bond motifs is 1. The third-order valence-electron chi connectivity index (χ3n) is 4.72. The highest BCUT2D eigenvalue weighted by Gasteiger charge is 2.16. The second-order valence-electron chi connectivity index (χ2n) is 6.49. The normalized spacial score (nSPS) is 14.2. The van der Waals surface area contributed by atoms with Gasteiger partial charge in [0.05, 0.1) is 16.1 Å². The first-order chi connectivity index (χ1) is 12.7. The summed E-state index contributed by atoms with van der Waals surface area (Å²) < 4.78 is 1.09. The molecule has 1 aliphatic heterocycles. The summed E-state index contributed by atoms with van der Waals surface area (Å²) in [7, 11) is 0. The number of hydrogen-bond acceptors (Lipinski definition) is 4. The molecule has 0 aliphatic carbocycles. The monoisotopic (exact) mass is 361 g/mol. The molecule has 0 spiro atoms. The minimum Gasteiger partial charge on any atom is -0.370 e. The Morgan fingerprint density at radius 2 is 1.88 bits per heavy atom. The van der Waals surface area contributed by atoms with Crippen molar-refractivity contribution in [3.8, 4) is 6.07 Å². The van der Waals surface area contributed by atoms with Crippen LogP contribution in [0, 0.1) is 11.3 Å². The average Bonchev–Trinajstić information content (AvgIpc) is 3.13. The predicted octanol–water partition coefficient (Wildman–Crippen LogP) is 5.02. The molecule has 0 saturated carbocycles. The van der Waals surface area contributed by atoms with Gasteiger partial charge in [-0.3, -0.25) is 4.79 Å². The van der Waals surface area contributed by atoms with Crippen LogP contribution in [-0.4, -0.2) is 19.0 Å². The van der Waals surface area contributed by atoms with E-state index in [0.29, 0.717) is 16.1 Å². The largest absolute Gasteiger partial charge is 0.370 e. The molecule has 4 rings (SSSR count). The molecule has 1 fully saturated rings. The van der Waals surface area contributed by atoms with Crippen LogP contribution in [-0.2, 0) is 0 Å². The molecule has 26 heavy (non-hydrogen) atoms. The second kappa shape index (κ2) is 7.19. The average molecular weight is 361 g/mol. The van der Waals surface area contributed by atoms with Gasteiger partial charge in [-0.1, -0.05) is 18.2 Å². The minimum absolute atomic E-state index is 0.138. The van der Waals surface area contributed by atoms with Crippen molar-refractivity contribution in [3.05, 3.63) is 59.0 Å². The number of hydrogen-bond donors (Lipinski definition) is 1. The van der Waals surface area contributed by atoms with Crippen molar-refractivity contribution in [2.45, 2.75) is 19.3 Å². The molecule has 3 aromatic rings. The molecule has 0 unspecified atom stereocenters. The maximum atomic E-state index is 12.6. The topological polar surface area (TPSA) is 56.1 Å². The van der Waals surface area contributed by atoms with E-state index in [4.69, 9.17) is 0 Å². The Labute approximate surface area is 156 Å². The Kier molecular flexibility index (Phi) is 4.59. The number of anilines is 2. The van der Waals surface area contributed by atoms with E-state index in [1.54, 1.807) is 6.07 Å². The van der Waals surface area contributed by atoms with Crippen molar-refractivity contribution in [2.75, 3.05) is 23.3 Å². The molecule has 4 nitrogen and oxygen atoms in total. The van der Waals surface area contributed by atoms with Crippen molar-refractivity contribution in [3.63, 3.8) is 0 Å². The van der Waals surface area contributed by atoms with Crippen LogP contribution >= 0.6 is 11.3 Å². The Hall–Kier alpha value is -2.84. The molecule has 0 atom stereocenters. The van der Waals surface area contributed by atoms with E-state index in [-0.39, 0.29) is 5.91 Å². The number of rotatable bonds is 3. The summed E-state index contributed by atoms with van der Waals surface area (Å²) >= 11 is 1.48. The van der Waals surface area contributed by atoms with Gasteiger partial charge in [0.15, 0.2) is 0 Å². The lowest BCUT2D eigenvalue weighted by Crippen LogP contribution is -2.30. The number of nitrogens with one attached hydrogen (secondary N) is 1. The zero-order valence-electron chi connectivity index (χ0n) is 14.4.